The van der Waals surface area contributed by atoms with E-state index >= 15 is 0 Å². The van der Waals surface area contributed by atoms with Gasteiger partial charge in [0, 0.05) is 19.3 Å². The van der Waals surface area contributed by atoms with Gasteiger partial charge in [-0.3, -0.25) is 9.59 Å². The number of carbonyl (C=O) groups is 2. The molecule has 1 aliphatic carbocycles. The van der Waals surface area contributed by atoms with Gasteiger partial charge in [0.15, 0.2) is 5.92 Å². The van der Waals surface area contributed by atoms with Crippen LogP contribution in [-0.2, 0) is 30.9 Å². The van der Waals surface area contributed by atoms with Gasteiger partial charge in [-0.2, -0.15) is 0 Å². The molecule has 24 heavy (non-hydrogen) atoms. The van der Waals surface area contributed by atoms with Crippen molar-refractivity contribution in [1.29, 1.82) is 0 Å². The minimum atomic E-state index is -1.18. The molecule has 2 aliphatic rings. The average Bonchev–Trinajstić information content (AvgIpc) is 2.53. The van der Waals surface area contributed by atoms with Crippen LogP contribution in [0.5, 0.6) is 0 Å². The Morgan fingerprint density at radius 1 is 1.00 bits per heavy atom. The molecule has 1 aromatic carbocycles. The summed E-state index contributed by atoms with van der Waals surface area (Å²) in [5, 5.41) is 0. The molecular formula is C20H26O4. The van der Waals surface area contributed by atoms with Crippen LogP contribution in [0.15, 0.2) is 24.3 Å². The summed E-state index contributed by atoms with van der Waals surface area (Å²) in [6.07, 6.45) is 5.67. The van der Waals surface area contributed by atoms with Gasteiger partial charge in [-0.05, 0) is 30.4 Å². The molecule has 0 amide bonds. The lowest BCUT2D eigenvalue weighted by molar-refractivity contribution is -0.244. The number of hydrogen-bond donors (Lipinski definition) is 0. The monoisotopic (exact) mass is 330 g/mol. The summed E-state index contributed by atoms with van der Waals surface area (Å²) in [5.41, 5.74) is 1.81. The molecule has 1 saturated carbocycles. The summed E-state index contributed by atoms with van der Waals surface area (Å²) in [4.78, 5) is 25.5. The predicted molar refractivity (Wildman–Crippen MR) is 90.3 cm³/mol. The first-order valence-corrected chi connectivity index (χ1v) is 8.94. The largest absolute Gasteiger partial charge is 0.422 e. The van der Waals surface area contributed by atoms with E-state index in [9.17, 15) is 9.59 Å². The Hall–Kier alpha value is -1.84. The molecule has 2 fully saturated rings. The number of cyclic esters (lactones) is 2. The molecule has 0 unspecified atom stereocenters. The Kier molecular flexibility index (Phi) is 4.41. The van der Waals surface area contributed by atoms with Crippen molar-refractivity contribution in [1.82, 2.24) is 0 Å². The zero-order valence-corrected chi connectivity index (χ0v) is 14.8. The van der Waals surface area contributed by atoms with E-state index < -0.39 is 29.1 Å². The highest BCUT2D eigenvalue weighted by atomic mass is 16.7. The van der Waals surface area contributed by atoms with Gasteiger partial charge in [0.05, 0.1) is 0 Å². The number of esters is 2. The minimum absolute atomic E-state index is 0.441. The molecule has 1 saturated heterocycles. The first-order chi connectivity index (χ1) is 11.4. The maximum Gasteiger partial charge on any atom is 0.324 e. The van der Waals surface area contributed by atoms with Crippen molar-refractivity contribution in [3.05, 3.63) is 35.4 Å². The molecule has 130 valence electrons. The molecule has 0 atom stereocenters. The molecular weight excluding hydrogens is 304 g/mol. The van der Waals surface area contributed by atoms with Crippen molar-refractivity contribution in [2.45, 2.75) is 70.5 Å². The summed E-state index contributed by atoms with van der Waals surface area (Å²) in [6.45, 7) is 5.31. The molecule has 0 N–H and O–H groups in total. The molecule has 0 aromatic heterocycles. The fourth-order valence-electron chi connectivity index (χ4n) is 4.38. The smallest absolute Gasteiger partial charge is 0.324 e. The lowest BCUT2D eigenvalue weighted by atomic mass is 9.60. The zero-order chi connectivity index (χ0) is 17.4. The van der Waals surface area contributed by atoms with Crippen molar-refractivity contribution in [2.75, 3.05) is 0 Å². The van der Waals surface area contributed by atoms with Crippen LogP contribution in [0.1, 0.15) is 64.0 Å². The number of hydrogen-bond acceptors (Lipinski definition) is 4. The lowest BCUT2D eigenvalue weighted by Gasteiger charge is -2.46. The van der Waals surface area contributed by atoms with E-state index in [1.54, 1.807) is 13.8 Å². The lowest BCUT2D eigenvalue weighted by Crippen LogP contribution is -2.55. The highest BCUT2D eigenvalue weighted by molar-refractivity contribution is 5.98. The van der Waals surface area contributed by atoms with Gasteiger partial charge in [-0.1, -0.05) is 50.5 Å². The third kappa shape index (κ3) is 2.83. The molecule has 1 aliphatic heterocycles. The third-order valence-electron chi connectivity index (χ3n) is 5.40. The van der Waals surface area contributed by atoms with Crippen molar-refractivity contribution in [2.24, 2.45) is 5.92 Å². The SMILES string of the molecule is CCc1ccccc1C1(C2C(=O)OC(C)(C)OC2=O)CCCCC1. The molecule has 0 radical (unpaired) electrons. The maximum absolute atomic E-state index is 12.8. The van der Waals surface area contributed by atoms with Crippen molar-refractivity contribution in [3.8, 4) is 0 Å². The molecule has 3 rings (SSSR count). The number of aryl methyl sites for hydroxylation is 1. The number of ether oxygens (including phenoxy) is 2. The van der Waals surface area contributed by atoms with Gasteiger partial charge >= 0.3 is 11.9 Å². The van der Waals surface area contributed by atoms with Gasteiger partial charge < -0.3 is 9.47 Å². The molecule has 4 nitrogen and oxygen atoms in total. The first-order valence-electron chi connectivity index (χ1n) is 8.94. The van der Waals surface area contributed by atoms with Crippen LogP contribution in [0.2, 0.25) is 0 Å². The van der Waals surface area contributed by atoms with Crippen molar-refractivity contribution < 1.29 is 19.1 Å². The molecule has 4 heteroatoms. The van der Waals surface area contributed by atoms with Gasteiger partial charge in [-0.25, -0.2) is 0 Å². The van der Waals surface area contributed by atoms with Crippen LogP contribution in [-0.4, -0.2) is 17.7 Å². The average molecular weight is 330 g/mol. The summed E-state index contributed by atoms with van der Waals surface area (Å²) in [5.74, 6) is -2.92. The predicted octanol–water partition coefficient (Wildman–Crippen LogP) is 3.90. The zero-order valence-electron chi connectivity index (χ0n) is 14.8. The van der Waals surface area contributed by atoms with E-state index in [0.717, 1.165) is 44.1 Å². The fourth-order valence-corrected chi connectivity index (χ4v) is 4.38. The van der Waals surface area contributed by atoms with E-state index in [2.05, 4.69) is 19.1 Å². The summed E-state index contributed by atoms with van der Waals surface area (Å²) < 4.78 is 10.9. The standard InChI is InChI=1S/C20H26O4/c1-4-14-10-6-7-11-15(14)20(12-8-5-9-13-20)16-17(21)23-19(2,3)24-18(16)22/h6-7,10-11,16H,4-5,8-9,12-13H2,1-3H3. The maximum atomic E-state index is 12.8. The van der Waals surface area contributed by atoms with Crippen LogP contribution >= 0.6 is 0 Å². The van der Waals surface area contributed by atoms with Gasteiger partial charge in [0.2, 0.25) is 0 Å². The van der Waals surface area contributed by atoms with Crippen LogP contribution in [0.4, 0.5) is 0 Å². The quantitative estimate of drug-likeness (QED) is 0.623. The van der Waals surface area contributed by atoms with Crippen LogP contribution < -0.4 is 0 Å². The van der Waals surface area contributed by atoms with E-state index in [0.29, 0.717) is 0 Å². The topological polar surface area (TPSA) is 52.6 Å². The van der Waals surface area contributed by atoms with Crippen LogP contribution in [0.3, 0.4) is 0 Å². The third-order valence-corrected chi connectivity index (χ3v) is 5.40. The van der Waals surface area contributed by atoms with E-state index in [4.69, 9.17) is 9.47 Å². The molecule has 0 spiro atoms. The molecule has 0 bridgehead atoms. The Morgan fingerprint density at radius 3 is 2.17 bits per heavy atom. The van der Waals surface area contributed by atoms with E-state index in [-0.39, 0.29) is 0 Å². The van der Waals surface area contributed by atoms with Crippen LogP contribution in [0.25, 0.3) is 0 Å². The second-order valence-electron chi connectivity index (χ2n) is 7.40. The minimum Gasteiger partial charge on any atom is -0.422 e. The summed E-state index contributed by atoms with van der Waals surface area (Å²) >= 11 is 0. The van der Waals surface area contributed by atoms with Gasteiger partial charge in [0.1, 0.15) is 0 Å². The Balaban J connectivity index is 2.10. The normalized spacial score (nSPS) is 23.5. The second kappa shape index (κ2) is 6.23. The summed E-state index contributed by atoms with van der Waals surface area (Å²) in [6, 6.07) is 8.17. The van der Waals surface area contributed by atoms with E-state index in [1.165, 1.54) is 5.56 Å². The summed E-state index contributed by atoms with van der Waals surface area (Å²) in [7, 11) is 0. The van der Waals surface area contributed by atoms with Crippen molar-refractivity contribution >= 4 is 11.9 Å². The number of carbonyl (C=O) groups excluding carboxylic acids is 2. The van der Waals surface area contributed by atoms with Crippen molar-refractivity contribution in [3.63, 3.8) is 0 Å². The molecule has 1 heterocycles. The molecule has 1 aromatic rings. The van der Waals surface area contributed by atoms with E-state index in [1.807, 2.05) is 12.1 Å². The fraction of sp³-hybridized carbons (Fsp3) is 0.600. The highest BCUT2D eigenvalue weighted by Crippen LogP contribution is 2.49. The van der Waals surface area contributed by atoms with Gasteiger partial charge in [-0.15, -0.1) is 0 Å². The number of benzene rings is 1. The highest BCUT2D eigenvalue weighted by Gasteiger charge is 2.56. The Morgan fingerprint density at radius 2 is 1.58 bits per heavy atom. The Bertz CT molecular complexity index is 621. The first kappa shape index (κ1) is 17.0. The van der Waals surface area contributed by atoms with Crippen LogP contribution in [0, 0.1) is 5.92 Å². The second-order valence-corrected chi connectivity index (χ2v) is 7.40. The van der Waals surface area contributed by atoms with Gasteiger partial charge in [0.25, 0.3) is 5.79 Å². The number of rotatable bonds is 3. The Labute approximate surface area is 143 Å².